The molecule has 1 fully saturated rings. The molecule has 0 radical (unpaired) electrons. The van der Waals surface area contributed by atoms with Gasteiger partial charge in [0.1, 0.15) is 0 Å². The second-order valence-corrected chi connectivity index (χ2v) is 9.44. The summed E-state index contributed by atoms with van der Waals surface area (Å²) in [6.07, 6.45) is 1.13. The SMILES string of the molecule is CCS(=O)(=O)c1ccc(-c2cc(C(=O)N3CC(C)CC(C)C3)no2)cc1. The Morgan fingerprint density at radius 2 is 1.81 bits per heavy atom. The molecule has 7 heteroatoms. The van der Waals surface area contributed by atoms with Crippen molar-refractivity contribution in [2.24, 2.45) is 11.8 Å². The summed E-state index contributed by atoms with van der Waals surface area (Å²) in [4.78, 5) is 14.8. The van der Waals surface area contributed by atoms with E-state index in [1.807, 2.05) is 4.90 Å². The second-order valence-electron chi connectivity index (χ2n) is 7.16. The fourth-order valence-corrected chi connectivity index (χ4v) is 4.38. The predicted molar refractivity (Wildman–Crippen MR) is 98.5 cm³/mol. The molecule has 2 atom stereocenters. The minimum Gasteiger partial charge on any atom is -0.355 e. The van der Waals surface area contributed by atoms with Crippen LogP contribution in [0.25, 0.3) is 11.3 Å². The van der Waals surface area contributed by atoms with E-state index in [0.717, 1.165) is 19.5 Å². The van der Waals surface area contributed by atoms with Crippen LogP contribution in [0.1, 0.15) is 37.7 Å². The van der Waals surface area contributed by atoms with Crippen molar-refractivity contribution in [2.75, 3.05) is 18.8 Å². The minimum atomic E-state index is -3.24. The highest BCUT2D eigenvalue weighted by Gasteiger charge is 2.28. The maximum Gasteiger partial charge on any atom is 0.276 e. The van der Waals surface area contributed by atoms with Crippen LogP contribution >= 0.6 is 0 Å². The number of carbonyl (C=O) groups excluding carboxylic acids is 1. The zero-order valence-electron chi connectivity index (χ0n) is 15.3. The highest BCUT2D eigenvalue weighted by Crippen LogP contribution is 2.25. The lowest BCUT2D eigenvalue weighted by molar-refractivity contribution is 0.0613. The van der Waals surface area contributed by atoms with Gasteiger partial charge in [0.2, 0.25) is 0 Å². The van der Waals surface area contributed by atoms with Crippen LogP contribution in [0.4, 0.5) is 0 Å². The number of piperidine rings is 1. The molecule has 0 aliphatic carbocycles. The van der Waals surface area contributed by atoms with Gasteiger partial charge in [0.25, 0.3) is 5.91 Å². The molecule has 3 rings (SSSR count). The van der Waals surface area contributed by atoms with E-state index < -0.39 is 9.84 Å². The van der Waals surface area contributed by atoms with Gasteiger partial charge in [-0.1, -0.05) is 25.9 Å². The van der Waals surface area contributed by atoms with Crippen LogP contribution in [0, 0.1) is 11.8 Å². The Balaban J connectivity index is 1.78. The molecular formula is C19H24N2O4S. The second kappa shape index (κ2) is 7.23. The average Bonchev–Trinajstić information content (AvgIpc) is 3.10. The number of hydrogen-bond acceptors (Lipinski definition) is 5. The highest BCUT2D eigenvalue weighted by molar-refractivity contribution is 7.91. The number of sulfone groups is 1. The Morgan fingerprint density at radius 1 is 1.19 bits per heavy atom. The quantitative estimate of drug-likeness (QED) is 0.818. The largest absolute Gasteiger partial charge is 0.355 e. The van der Waals surface area contributed by atoms with Crippen LogP contribution in [0.2, 0.25) is 0 Å². The van der Waals surface area contributed by atoms with Gasteiger partial charge in [-0.25, -0.2) is 8.42 Å². The molecule has 1 aliphatic rings. The summed E-state index contributed by atoms with van der Waals surface area (Å²) < 4.78 is 29.1. The van der Waals surface area contributed by atoms with Gasteiger partial charge in [0, 0.05) is 24.7 Å². The maximum absolute atomic E-state index is 12.7. The first kappa shape index (κ1) is 18.6. The van der Waals surface area contributed by atoms with Gasteiger partial charge >= 0.3 is 0 Å². The Kier molecular flexibility index (Phi) is 5.18. The fourth-order valence-electron chi connectivity index (χ4n) is 3.50. The van der Waals surface area contributed by atoms with Crippen molar-refractivity contribution in [3.05, 3.63) is 36.0 Å². The van der Waals surface area contributed by atoms with Crippen LogP contribution in [-0.4, -0.2) is 43.2 Å². The number of benzene rings is 1. The first-order valence-corrected chi connectivity index (χ1v) is 10.5. The van der Waals surface area contributed by atoms with Crippen LogP contribution in [-0.2, 0) is 9.84 Å². The molecule has 1 amide bonds. The zero-order chi connectivity index (χ0) is 18.9. The molecule has 0 saturated carbocycles. The third-order valence-corrected chi connectivity index (χ3v) is 6.51. The molecule has 0 spiro atoms. The maximum atomic E-state index is 12.7. The molecule has 2 heterocycles. The van der Waals surface area contributed by atoms with Crippen molar-refractivity contribution in [2.45, 2.75) is 32.1 Å². The molecule has 26 heavy (non-hydrogen) atoms. The molecular weight excluding hydrogens is 352 g/mol. The molecule has 0 bridgehead atoms. The summed E-state index contributed by atoms with van der Waals surface area (Å²) >= 11 is 0. The Morgan fingerprint density at radius 3 is 2.38 bits per heavy atom. The van der Waals surface area contributed by atoms with E-state index in [0.29, 0.717) is 23.2 Å². The van der Waals surface area contributed by atoms with Gasteiger partial charge < -0.3 is 9.42 Å². The van der Waals surface area contributed by atoms with E-state index >= 15 is 0 Å². The number of carbonyl (C=O) groups is 1. The Hall–Kier alpha value is -2.15. The van der Waals surface area contributed by atoms with E-state index in [1.165, 1.54) is 0 Å². The lowest BCUT2D eigenvalue weighted by atomic mass is 9.92. The third kappa shape index (κ3) is 3.82. The average molecular weight is 376 g/mol. The number of amides is 1. The van der Waals surface area contributed by atoms with Crippen LogP contribution in [0.5, 0.6) is 0 Å². The van der Waals surface area contributed by atoms with Gasteiger partial charge in [-0.05, 0) is 42.5 Å². The molecule has 1 saturated heterocycles. The van der Waals surface area contributed by atoms with E-state index in [9.17, 15) is 13.2 Å². The summed E-state index contributed by atoms with van der Waals surface area (Å²) in [5, 5.41) is 3.92. The molecule has 6 nitrogen and oxygen atoms in total. The molecule has 1 aromatic carbocycles. The summed E-state index contributed by atoms with van der Waals surface area (Å²) in [6.45, 7) is 7.37. The lowest BCUT2D eigenvalue weighted by Crippen LogP contribution is -2.42. The van der Waals surface area contributed by atoms with E-state index in [-0.39, 0.29) is 22.2 Å². The Bertz CT molecular complexity index is 877. The van der Waals surface area contributed by atoms with E-state index in [1.54, 1.807) is 37.3 Å². The molecule has 0 N–H and O–H groups in total. The molecule has 1 aliphatic heterocycles. The van der Waals surface area contributed by atoms with Crippen molar-refractivity contribution < 1.29 is 17.7 Å². The number of likely N-dealkylation sites (tertiary alicyclic amines) is 1. The van der Waals surface area contributed by atoms with Crippen molar-refractivity contribution in [3.63, 3.8) is 0 Å². The van der Waals surface area contributed by atoms with Crippen molar-refractivity contribution >= 4 is 15.7 Å². The van der Waals surface area contributed by atoms with Gasteiger partial charge in [0.05, 0.1) is 10.6 Å². The van der Waals surface area contributed by atoms with E-state index in [4.69, 9.17) is 4.52 Å². The number of rotatable bonds is 4. The van der Waals surface area contributed by atoms with Crippen LogP contribution in [0.15, 0.2) is 39.8 Å². The normalized spacial score (nSPS) is 21.0. The van der Waals surface area contributed by atoms with Crippen molar-refractivity contribution in [1.29, 1.82) is 0 Å². The first-order chi connectivity index (χ1) is 12.3. The molecule has 2 aromatic rings. The standard InChI is InChI=1S/C19H24N2O4S/c1-4-26(23,24)16-7-5-15(6-8-16)18-10-17(20-25-18)19(22)21-11-13(2)9-14(3)12-21/h5-8,10,13-14H,4,9,11-12H2,1-3H3. The monoisotopic (exact) mass is 376 g/mol. The van der Waals surface area contributed by atoms with Gasteiger partial charge in [0.15, 0.2) is 21.3 Å². The first-order valence-electron chi connectivity index (χ1n) is 8.89. The molecule has 2 unspecified atom stereocenters. The predicted octanol–water partition coefficient (Wildman–Crippen LogP) is 3.25. The van der Waals surface area contributed by atoms with Crippen molar-refractivity contribution in [3.8, 4) is 11.3 Å². The fraction of sp³-hybridized carbons (Fsp3) is 0.474. The number of nitrogens with zero attached hydrogens (tertiary/aromatic N) is 2. The van der Waals surface area contributed by atoms with Crippen LogP contribution < -0.4 is 0 Å². The highest BCUT2D eigenvalue weighted by atomic mass is 32.2. The van der Waals surface area contributed by atoms with Crippen molar-refractivity contribution in [1.82, 2.24) is 10.1 Å². The van der Waals surface area contributed by atoms with Crippen LogP contribution in [0.3, 0.4) is 0 Å². The topological polar surface area (TPSA) is 80.5 Å². The van der Waals surface area contributed by atoms with Gasteiger partial charge in [-0.2, -0.15) is 0 Å². The number of aromatic nitrogens is 1. The summed E-state index contributed by atoms with van der Waals surface area (Å²) in [5.41, 5.74) is 0.971. The minimum absolute atomic E-state index is 0.0555. The van der Waals surface area contributed by atoms with Gasteiger partial charge in [-0.3, -0.25) is 4.79 Å². The Labute approximate surface area is 154 Å². The van der Waals surface area contributed by atoms with E-state index in [2.05, 4.69) is 19.0 Å². The molecule has 1 aromatic heterocycles. The van der Waals surface area contributed by atoms with Gasteiger partial charge in [-0.15, -0.1) is 0 Å². The third-order valence-electron chi connectivity index (χ3n) is 4.76. The summed E-state index contributed by atoms with van der Waals surface area (Å²) in [5.74, 6) is 1.33. The lowest BCUT2D eigenvalue weighted by Gasteiger charge is -2.34. The number of hydrogen-bond donors (Lipinski definition) is 0. The summed E-state index contributed by atoms with van der Waals surface area (Å²) in [7, 11) is -3.24. The summed E-state index contributed by atoms with van der Waals surface area (Å²) in [6, 6.07) is 8.05. The zero-order valence-corrected chi connectivity index (χ0v) is 16.1. The smallest absolute Gasteiger partial charge is 0.276 e. The molecule has 140 valence electrons.